The van der Waals surface area contributed by atoms with Crippen LogP contribution in [0.25, 0.3) is 11.1 Å². The van der Waals surface area contributed by atoms with Crippen LogP contribution < -0.4 is 0 Å². The first-order chi connectivity index (χ1) is 6.70. The molecule has 3 nitrogen and oxygen atoms in total. The zero-order valence-electron chi connectivity index (χ0n) is 6.96. The number of aromatic nitrogens is 1. The molecule has 0 atom stereocenters. The number of fused-ring (bicyclic) bond motifs is 1. The lowest BCUT2D eigenvalue weighted by molar-refractivity contribution is 0.102. The number of hydrogen-bond donors (Lipinski definition) is 0. The molecule has 0 saturated carbocycles. The van der Waals surface area contributed by atoms with Gasteiger partial charge in [0.1, 0.15) is 5.52 Å². The predicted octanol–water partition coefficient (Wildman–Crippen LogP) is 2.90. The van der Waals surface area contributed by atoms with Crippen molar-refractivity contribution in [2.45, 2.75) is 0 Å². The van der Waals surface area contributed by atoms with E-state index in [1.165, 1.54) is 0 Å². The number of ketones is 1. The Morgan fingerprint density at radius 2 is 2.29 bits per heavy atom. The van der Waals surface area contributed by atoms with Crippen molar-refractivity contribution in [3.8, 4) is 0 Å². The van der Waals surface area contributed by atoms with E-state index < -0.39 is 0 Å². The molecular weight excluding hydrogens is 225 g/mol. The van der Waals surface area contributed by atoms with E-state index in [1.54, 1.807) is 18.2 Å². The summed E-state index contributed by atoms with van der Waals surface area (Å²) < 4.78 is 5.06. The molecule has 72 valence electrons. The third kappa shape index (κ3) is 1.61. The Morgan fingerprint density at radius 3 is 3.00 bits per heavy atom. The molecular formula is C9H5Cl2NO2. The molecule has 0 fully saturated rings. The Balaban J connectivity index is 2.55. The number of oxazole rings is 1. The maximum Gasteiger partial charge on any atom is 0.293 e. The van der Waals surface area contributed by atoms with E-state index in [9.17, 15) is 4.79 Å². The molecule has 0 unspecified atom stereocenters. The lowest BCUT2D eigenvalue weighted by Gasteiger charge is -1.94. The van der Waals surface area contributed by atoms with Gasteiger partial charge in [-0.3, -0.25) is 4.79 Å². The van der Waals surface area contributed by atoms with Crippen molar-refractivity contribution in [2.75, 3.05) is 5.88 Å². The average Bonchev–Trinajstić information content (AvgIpc) is 2.55. The number of hydrogen-bond acceptors (Lipinski definition) is 3. The van der Waals surface area contributed by atoms with E-state index in [1.807, 2.05) is 0 Å². The van der Waals surface area contributed by atoms with Gasteiger partial charge >= 0.3 is 0 Å². The van der Waals surface area contributed by atoms with Crippen LogP contribution in [0, 0.1) is 0 Å². The molecule has 1 heterocycles. The van der Waals surface area contributed by atoms with Crippen molar-refractivity contribution >= 4 is 40.1 Å². The Hall–Kier alpha value is -1.06. The van der Waals surface area contributed by atoms with Crippen molar-refractivity contribution in [3.63, 3.8) is 0 Å². The van der Waals surface area contributed by atoms with Gasteiger partial charge < -0.3 is 4.42 Å². The fraction of sp³-hybridized carbons (Fsp3) is 0.111. The second-order valence-electron chi connectivity index (χ2n) is 2.71. The minimum Gasteiger partial charge on any atom is -0.428 e. The van der Waals surface area contributed by atoms with Gasteiger partial charge in [-0.25, -0.2) is 0 Å². The first kappa shape index (κ1) is 9.49. The number of carbonyl (C=O) groups excluding carboxylic acids is 1. The van der Waals surface area contributed by atoms with E-state index in [0.29, 0.717) is 16.7 Å². The molecule has 0 amide bonds. The van der Waals surface area contributed by atoms with Gasteiger partial charge in [0, 0.05) is 5.56 Å². The Morgan fingerprint density at radius 1 is 1.50 bits per heavy atom. The largest absolute Gasteiger partial charge is 0.428 e. The monoisotopic (exact) mass is 229 g/mol. The molecule has 0 radical (unpaired) electrons. The van der Waals surface area contributed by atoms with Crippen LogP contribution in [0.1, 0.15) is 10.4 Å². The lowest BCUT2D eigenvalue weighted by Crippen LogP contribution is -1.99. The zero-order valence-corrected chi connectivity index (χ0v) is 8.47. The highest BCUT2D eigenvalue weighted by Crippen LogP contribution is 2.20. The predicted molar refractivity (Wildman–Crippen MR) is 54.1 cm³/mol. The van der Waals surface area contributed by atoms with Crippen LogP contribution in [-0.2, 0) is 0 Å². The van der Waals surface area contributed by atoms with Crippen molar-refractivity contribution in [1.82, 2.24) is 4.98 Å². The number of nitrogens with zero attached hydrogens (tertiary/aromatic N) is 1. The molecule has 0 saturated heterocycles. The summed E-state index contributed by atoms with van der Waals surface area (Å²) in [6.45, 7) is 0. The summed E-state index contributed by atoms with van der Waals surface area (Å²) >= 11 is 11.0. The number of rotatable bonds is 2. The van der Waals surface area contributed by atoms with Crippen LogP contribution in [0.5, 0.6) is 0 Å². The van der Waals surface area contributed by atoms with Gasteiger partial charge in [-0.15, -0.1) is 11.6 Å². The topological polar surface area (TPSA) is 43.1 Å². The molecule has 1 aromatic heterocycles. The number of Topliss-reactive ketones (excluding diaryl/α,β-unsaturated/α-hetero) is 1. The molecule has 0 aliphatic carbocycles. The van der Waals surface area contributed by atoms with E-state index >= 15 is 0 Å². The third-order valence-electron chi connectivity index (χ3n) is 1.81. The van der Waals surface area contributed by atoms with Crippen LogP contribution in [0.15, 0.2) is 22.6 Å². The smallest absolute Gasteiger partial charge is 0.293 e. The minimum atomic E-state index is -0.152. The molecule has 0 aliphatic rings. The van der Waals surface area contributed by atoms with Crippen LogP contribution >= 0.6 is 23.2 Å². The highest BCUT2D eigenvalue weighted by atomic mass is 35.5. The van der Waals surface area contributed by atoms with Crippen LogP contribution in [0.3, 0.4) is 0 Å². The molecule has 0 aliphatic heterocycles. The second kappa shape index (κ2) is 3.59. The quantitative estimate of drug-likeness (QED) is 0.588. The molecule has 0 N–H and O–H groups in total. The van der Waals surface area contributed by atoms with Gasteiger partial charge in [0.2, 0.25) is 0 Å². The molecule has 0 spiro atoms. The third-order valence-corrected chi connectivity index (χ3v) is 2.21. The molecule has 0 bridgehead atoms. The highest BCUT2D eigenvalue weighted by Gasteiger charge is 2.08. The summed E-state index contributed by atoms with van der Waals surface area (Å²) in [5.74, 6) is -0.200. The first-order valence-corrected chi connectivity index (χ1v) is 4.77. The van der Waals surface area contributed by atoms with Crippen molar-refractivity contribution < 1.29 is 9.21 Å². The number of benzene rings is 1. The van der Waals surface area contributed by atoms with Crippen molar-refractivity contribution in [3.05, 3.63) is 29.1 Å². The summed E-state index contributed by atoms with van der Waals surface area (Å²) in [5, 5.41) is 0.0653. The molecule has 1 aromatic carbocycles. The van der Waals surface area contributed by atoms with Crippen molar-refractivity contribution in [2.24, 2.45) is 0 Å². The fourth-order valence-electron chi connectivity index (χ4n) is 1.15. The average molecular weight is 230 g/mol. The second-order valence-corrected chi connectivity index (χ2v) is 3.30. The Labute approximate surface area is 89.6 Å². The lowest BCUT2D eigenvalue weighted by atomic mass is 10.1. The minimum absolute atomic E-state index is 0.0482. The molecule has 14 heavy (non-hydrogen) atoms. The summed E-state index contributed by atoms with van der Waals surface area (Å²) in [4.78, 5) is 15.1. The molecule has 2 rings (SSSR count). The van der Waals surface area contributed by atoms with Gasteiger partial charge in [-0.05, 0) is 29.8 Å². The number of carbonyl (C=O) groups is 1. The standard InChI is InChI=1S/C9H5Cl2NO2/c10-4-7(13)5-1-2-6-8(3-5)14-9(11)12-6/h1-3H,4H2. The van der Waals surface area contributed by atoms with Crippen LogP contribution in [0.2, 0.25) is 5.35 Å². The van der Waals surface area contributed by atoms with E-state index in [2.05, 4.69) is 4.98 Å². The van der Waals surface area contributed by atoms with Gasteiger partial charge in [-0.2, -0.15) is 4.98 Å². The van der Waals surface area contributed by atoms with E-state index in [0.717, 1.165) is 0 Å². The fourth-order valence-corrected chi connectivity index (χ4v) is 1.48. The maximum atomic E-state index is 11.2. The highest BCUT2D eigenvalue weighted by molar-refractivity contribution is 6.30. The van der Waals surface area contributed by atoms with Crippen molar-refractivity contribution in [1.29, 1.82) is 0 Å². The van der Waals surface area contributed by atoms with E-state index in [4.69, 9.17) is 27.6 Å². The molecule has 2 aromatic rings. The Bertz CT molecular complexity index is 493. The van der Waals surface area contributed by atoms with Gasteiger partial charge in [-0.1, -0.05) is 0 Å². The SMILES string of the molecule is O=C(CCl)c1ccc2nc(Cl)oc2c1. The first-order valence-electron chi connectivity index (χ1n) is 3.86. The van der Waals surface area contributed by atoms with Gasteiger partial charge in [0.15, 0.2) is 11.4 Å². The number of alkyl halides is 1. The summed E-state index contributed by atoms with van der Waals surface area (Å²) in [5.41, 5.74) is 1.62. The van der Waals surface area contributed by atoms with Gasteiger partial charge in [0.25, 0.3) is 5.35 Å². The van der Waals surface area contributed by atoms with Crippen LogP contribution in [0.4, 0.5) is 0 Å². The number of halogens is 2. The Kier molecular flexibility index (Phi) is 2.44. The maximum absolute atomic E-state index is 11.2. The van der Waals surface area contributed by atoms with Gasteiger partial charge in [0.05, 0.1) is 5.88 Å². The summed E-state index contributed by atoms with van der Waals surface area (Å²) in [6, 6.07) is 4.90. The summed E-state index contributed by atoms with van der Waals surface area (Å²) in [6.07, 6.45) is 0. The molecule has 5 heteroatoms. The normalized spacial score (nSPS) is 10.7. The van der Waals surface area contributed by atoms with Crippen LogP contribution in [-0.4, -0.2) is 16.6 Å². The zero-order chi connectivity index (χ0) is 10.1. The van der Waals surface area contributed by atoms with E-state index in [-0.39, 0.29) is 17.0 Å². The summed E-state index contributed by atoms with van der Waals surface area (Å²) in [7, 11) is 0.